The number of benzene rings is 3. The Morgan fingerprint density at radius 3 is 2.22 bits per heavy atom. The van der Waals surface area contributed by atoms with Gasteiger partial charge in [-0.3, -0.25) is 9.52 Å². The van der Waals surface area contributed by atoms with Crippen LogP contribution >= 0.6 is 0 Å². The van der Waals surface area contributed by atoms with Crippen molar-refractivity contribution in [3.8, 4) is 16.9 Å². The molecule has 0 radical (unpaired) electrons. The van der Waals surface area contributed by atoms with Crippen molar-refractivity contribution in [1.29, 1.82) is 0 Å². The largest absolute Gasteiger partial charge is 0.495 e. The number of anilines is 1. The highest BCUT2D eigenvalue weighted by atomic mass is 32.2. The number of ether oxygens (including phenoxy) is 1. The van der Waals surface area contributed by atoms with Gasteiger partial charge in [-0.05, 0) is 42.3 Å². The van der Waals surface area contributed by atoms with E-state index in [0.29, 0.717) is 5.56 Å². The number of hydrogen-bond acceptors (Lipinski definition) is 4. The zero-order valence-electron chi connectivity index (χ0n) is 15.0. The lowest BCUT2D eigenvalue weighted by Gasteiger charge is -2.15. The van der Waals surface area contributed by atoms with Gasteiger partial charge in [-0.2, -0.15) is 0 Å². The molecule has 0 fully saturated rings. The molecule has 0 aliphatic heterocycles. The molecule has 0 amide bonds. The molecular weight excluding hydrogens is 362 g/mol. The van der Waals surface area contributed by atoms with Gasteiger partial charge in [-0.1, -0.05) is 48.5 Å². The highest BCUT2D eigenvalue weighted by molar-refractivity contribution is 7.92. The molecule has 6 heteroatoms. The molecule has 0 aliphatic rings. The summed E-state index contributed by atoms with van der Waals surface area (Å²) in [5.41, 5.74) is 2.26. The summed E-state index contributed by atoms with van der Waals surface area (Å²) < 4.78 is 33.5. The van der Waals surface area contributed by atoms with Crippen molar-refractivity contribution in [2.75, 3.05) is 11.8 Å². The molecule has 0 unspecified atom stereocenters. The second kappa shape index (κ2) is 7.63. The molecule has 3 aromatic carbocycles. The topological polar surface area (TPSA) is 72.5 Å². The van der Waals surface area contributed by atoms with E-state index >= 15 is 0 Å². The van der Waals surface area contributed by atoms with Gasteiger partial charge < -0.3 is 4.74 Å². The van der Waals surface area contributed by atoms with Crippen LogP contribution in [0.2, 0.25) is 0 Å². The minimum Gasteiger partial charge on any atom is -0.495 e. The van der Waals surface area contributed by atoms with Gasteiger partial charge in [0, 0.05) is 5.56 Å². The van der Waals surface area contributed by atoms with Crippen LogP contribution in [0.4, 0.5) is 5.69 Å². The van der Waals surface area contributed by atoms with Crippen molar-refractivity contribution in [2.45, 2.75) is 11.8 Å². The van der Waals surface area contributed by atoms with E-state index in [1.807, 2.05) is 30.3 Å². The molecule has 0 bridgehead atoms. The molecule has 0 saturated carbocycles. The van der Waals surface area contributed by atoms with Crippen molar-refractivity contribution in [3.05, 3.63) is 78.4 Å². The molecule has 0 aromatic heterocycles. The quantitative estimate of drug-likeness (QED) is 0.644. The predicted octanol–water partition coefficient (Wildman–Crippen LogP) is 4.37. The Morgan fingerprint density at radius 1 is 0.889 bits per heavy atom. The van der Waals surface area contributed by atoms with Crippen LogP contribution in [0.1, 0.15) is 17.3 Å². The Labute approximate surface area is 158 Å². The van der Waals surface area contributed by atoms with Crippen molar-refractivity contribution in [3.63, 3.8) is 0 Å². The van der Waals surface area contributed by atoms with Gasteiger partial charge in [-0.25, -0.2) is 8.42 Å². The molecule has 0 aliphatic carbocycles. The normalized spacial score (nSPS) is 11.0. The number of carbonyl (C=O) groups is 1. The summed E-state index contributed by atoms with van der Waals surface area (Å²) in [5.74, 6) is 0.000859. The van der Waals surface area contributed by atoms with Gasteiger partial charge >= 0.3 is 0 Å². The minimum absolute atomic E-state index is 0.00659. The summed E-state index contributed by atoms with van der Waals surface area (Å²) in [6, 6.07) is 21.0. The Bertz CT molecular complexity index is 1080. The number of Topliss-reactive ketones (excluding diaryl/α,β-unsaturated/α-hetero) is 1. The summed E-state index contributed by atoms with van der Waals surface area (Å²) in [6.45, 7) is 1.40. The lowest BCUT2D eigenvalue weighted by Crippen LogP contribution is -2.16. The lowest BCUT2D eigenvalue weighted by molar-refractivity contribution is 0.101. The summed E-state index contributed by atoms with van der Waals surface area (Å²) in [5, 5.41) is 0. The van der Waals surface area contributed by atoms with Gasteiger partial charge in [0.05, 0.1) is 12.8 Å². The Kier molecular flexibility index (Phi) is 5.28. The standard InChI is InChI=1S/C21H19NO4S/c1-15(23)18-13-12-17(16-8-4-3-5-9-16)14-19(18)22-27(24,25)21-11-7-6-10-20(21)26-2/h3-14,22H,1-2H3. The Balaban J connectivity index is 2.08. The fraction of sp³-hybridized carbons (Fsp3) is 0.0952. The first-order chi connectivity index (χ1) is 12.9. The summed E-state index contributed by atoms with van der Waals surface area (Å²) >= 11 is 0. The zero-order chi connectivity index (χ0) is 19.4. The van der Waals surface area contributed by atoms with E-state index in [0.717, 1.165) is 11.1 Å². The summed E-state index contributed by atoms with van der Waals surface area (Å²) in [6.07, 6.45) is 0. The van der Waals surface area contributed by atoms with Crippen molar-refractivity contribution in [2.24, 2.45) is 0 Å². The first-order valence-electron chi connectivity index (χ1n) is 8.28. The second-order valence-corrected chi connectivity index (χ2v) is 7.59. The minimum atomic E-state index is -3.94. The van der Waals surface area contributed by atoms with Crippen LogP contribution in [0.25, 0.3) is 11.1 Å². The maximum absolute atomic E-state index is 12.9. The molecule has 3 rings (SSSR count). The van der Waals surface area contributed by atoms with E-state index in [4.69, 9.17) is 4.74 Å². The van der Waals surface area contributed by atoms with Crippen molar-refractivity contribution < 1.29 is 17.9 Å². The average Bonchev–Trinajstić information content (AvgIpc) is 2.68. The van der Waals surface area contributed by atoms with E-state index in [1.54, 1.807) is 36.4 Å². The fourth-order valence-electron chi connectivity index (χ4n) is 2.79. The number of rotatable bonds is 6. The first-order valence-corrected chi connectivity index (χ1v) is 9.77. The molecule has 138 valence electrons. The summed E-state index contributed by atoms with van der Waals surface area (Å²) in [7, 11) is -2.53. The van der Waals surface area contributed by atoms with E-state index in [9.17, 15) is 13.2 Å². The van der Waals surface area contributed by atoms with Crippen LogP contribution in [0.5, 0.6) is 5.75 Å². The van der Waals surface area contributed by atoms with E-state index in [2.05, 4.69) is 4.72 Å². The highest BCUT2D eigenvalue weighted by Gasteiger charge is 2.21. The van der Waals surface area contributed by atoms with Crippen molar-refractivity contribution >= 4 is 21.5 Å². The third-order valence-electron chi connectivity index (χ3n) is 4.11. The number of nitrogens with one attached hydrogen (secondary N) is 1. The number of para-hydroxylation sites is 1. The molecule has 0 saturated heterocycles. The number of carbonyl (C=O) groups excluding carboxylic acids is 1. The SMILES string of the molecule is COc1ccccc1S(=O)(=O)Nc1cc(-c2ccccc2)ccc1C(C)=O. The molecule has 5 nitrogen and oxygen atoms in total. The smallest absolute Gasteiger partial charge is 0.265 e. The molecule has 3 aromatic rings. The molecule has 0 atom stereocenters. The third-order valence-corrected chi connectivity index (χ3v) is 5.51. The number of sulfonamides is 1. The van der Waals surface area contributed by atoms with Crippen molar-refractivity contribution in [1.82, 2.24) is 0 Å². The number of ketones is 1. The van der Waals surface area contributed by atoms with E-state index in [1.165, 1.54) is 20.1 Å². The van der Waals surface area contributed by atoms with Gasteiger partial charge in [0.25, 0.3) is 10.0 Å². The lowest BCUT2D eigenvalue weighted by atomic mass is 10.0. The van der Waals surface area contributed by atoms with Crippen LogP contribution in [-0.2, 0) is 10.0 Å². The Hall–Kier alpha value is -3.12. The van der Waals surface area contributed by atoms with Crippen LogP contribution in [0.15, 0.2) is 77.7 Å². The molecule has 0 heterocycles. The Morgan fingerprint density at radius 2 is 1.56 bits per heavy atom. The van der Waals surface area contributed by atoms with Crippen LogP contribution in [-0.4, -0.2) is 21.3 Å². The highest BCUT2D eigenvalue weighted by Crippen LogP contribution is 2.30. The number of hydrogen-bond donors (Lipinski definition) is 1. The molecule has 27 heavy (non-hydrogen) atoms. The number of methoxy groups -OCH3 is 1. The van der Waals surface area contributed by atoms with Gasteiger partial charge in [0.15, 0.2) is 5.78 Å². The fourth-order valence-corrected chi connectivity index (χ4v) is 4.03. The third kappa shape index (κ3) is 4.01. The molecular formula is C21H19NO4S. The first kappa shape index (κ1) is 18.7. The maximum atomic E-state index is 12.9. The van der Waals surface area contributed by atoms with E-state index < -0.39 is 10.0 Å². The molecule has 0 spiro atoms. The molecule has 1 N–H and O–H groups in total. The predicted molar refractivity (Wildman–Crippen MR) is 106 cm³/mol. The van der Waals surface area contributed by atoms with E-state index in [-0.39, 0.29) is 22.1 Å². The summed E-state index contributed by atoms with van der Waals surface area (Å²) in [4.78, 5) is 12.0. The maximum Gasteiger partial charge on any atom is 0.265 e. The van der Waals surface area contributed by atoms with Gasteiger partial charge in [0.2, 0.25) is 0 Å². The van der Waals surface area contributed by atoms with Crippen LogP contribution in [0.3, 0.4) is 0 Å². The average molecular weight is 381 g/mol. The van der Waals surface area contributed by atoms with Crippen LogP contribution < -0.4 is 9.46 Å². The zero-order valence-corrected chi connectivity index (χ0v) is 15.8. The van der Waals surface area contributed by atoms with Gasteiger partial charge in [0.1, 0.15) is 10.6 Å². The monoisotopic (exact) mass is 381 g/mol. The van der Waals surface area contributed by atoms with Gasteiger partial charge in [-0.15, -0.1) is 0 Å². The second-order valence-electron chi connectivity index (χ2n) is 5.94. The van der Waals surface area contributed by atoms with Crippen LogP contribution in [0, 0.1) is 0 Å².